The lowest BCUT2D eigenvalue weighted by Gasteiger charge is -2.11. The van der Waals surface area contributed by atoms with Gasteiger partial charge in [0.25, 0.3) is 0 Å². The minimum Gasteiger partial charge on any atom is -0.456 e. The molecule has 0 unspecified atom stereocenters. The highest BCUT2D eigenvalue weighted by Crippen LogP contribution is 2.44. The summed E-state index contributed by atoms with van der Waals surface area (Å²) in [7, 11) is 0. The maximum atomic E-state index is 6.93. The van der Waals surface area contributed by atoms with Crippen molar-refractivity contribution in [1.82, 2.24) is 19.5 Å². The van der Waals surface area contributed by atoms with Crippen molar-refractivity contribution in [3.05, 3.63) is 231 Å². The number of fused-ring (bicyclic) bond motifs is 9. The Bertz CT molecular complexity index is 4290. The van der Waals surface area contributed by atoms with E-state index >= 15 is 0 Å². The summed E-state index contributed by atoms with van der Waals surface area (Å²) in [4.78, 5) is 15.2. The van der Waals surface area contributed by atoms with Gasteiger partial charge in [0.1, 0.15) is 22.3 Å². The van der Waals surface area contributed by atoms with Gasteiger partial charge < -0.3 is 13.4 Å². The highest BCUT2D eigenvalue weighted by atomic mass is 16.3. The Balaban J connectivity index is 0.915. The average molecular weight is 883 g/mol. The molecule has 0 bridgehead atoms. The van der Waals surface area contributed by atoms with Gasteiger partial charge in [0.15, 0.2) is 17.5 Å². The first kappa shape index (κ1) is 38.8. The van der Waals surface area contributed by atoms with Crippen LogP contribution in [0, 0.1) is 0 Å². The normalized spacial score (nSPS) is 11.8. The predicted octanol–water partition coefficient (Wildman–Crippen LogP) is 16.8. The van der Waals surface area contributed by atoms with Crippen molar-refractivity contribution in [2.24, 2.45) is 0 Å². The minimum atomic E-state index is 0.541. The van der Waals surface area contributed by atoms with Crippen molar-refractivity contribution >= 4 is 65.7 Å². The fraction of sp³-hybridized carbons (Fsp3) is 0. The van der Waals surface area contributed by atoms with Crippen molar-refractivity contribution in [2.45, 2.75) is 0 Å². The molecule has 0 fully saturated rings. The molecule has 4 heterocycles. The first-order chi connectivity index (χ1) is 34.2. The fourth-order valence-corrected chi connectivity index (χ4v) is 10.2. The molecule has 0 saturated carbocycles. The van der Waals surface area contributed by atoms with Crippen LogP contribution in [-0.2, 0) is 0 Å². The van der Waals surface area contributed by atoms with Gasteiger partial charge in [-0.05, 0) is 88.0 Å². The molecule has 0 aliphatic carbocycles. The number of rotatable bonds is 7. The summed E-state index contributed by atoms with van der Waals surface area (Å²) in [5, 5.41) is 6.50. The van der Waals surface area contributed by atoms with E-state index in [1.165, 1.54) is 21.9 Å². The maximum absolute atomic E-state index is 6.93. The summed E-state index contributed by atoms with van der Waals surface area (Å²) >= 11 is 0. The molecule has 0 N–H and O–H groups in total. The van der Waals surface area contributed by atoms with E-state index in [2.05, 4.69) is 193 Å². The van der Waals surface area contributed by atoms with Gasteiger partial charge in [-0.25, -0.2) is 15.0 Å². The van der Waals surface area contributed by atoms with E-state index in [9.17, 15) is 0 Å². The van der Waals surface area contributed by atoms with E-state index in [0.29, 0.717) is 17.5 Å². The van der Waals surface area contributed by atoms with Crippen molar-refractivity contribution in [2.75, 3.05) is 0 Å². The predicted molar refractivity (Wildman–Crippen MR) is 281 cm³/mol. The van der Waals surface area contributed by atoms with Crippen molar-refractivity contribution in [3.63, 3.8) is 0 Å². The van der Waals surface area contributed by atoms with Crippen molar-refractivity contribution in [1.29, 1.82) is 0 Å². The lowest BCUT2D eigenvalue weighted by Crippen LogP contribution is -2.00. The minimum absolute atomic E-state index is 0.541. The molecule has 10 aromatic carbocycles. The van der Waals surface area contributed by atoms with Gasteiger partial charge in [0.05, 0.1) is 27.7 Å². The Hall–Kier alpha value is -9.39. The number of hydrogen-bond donors (Lipinski definition) is 0. The third-order valence-electron chi connectivity index (χ3n) is 13.5. The lowest BCUT2D eigenvalue weighted by atomic mass is 9.97. The molecule has 14 rings (SSSR count). The summed E-state index contributed by atoms with van der Waals surface area (Å²) in [6.45, 7) is 0. The van der Waals surface area contributed by atoms with Gasteiger partial charge in [-0.3, -0.25) is 0 Å². The van der Waals surface area contributed by atoms with Crippen molar-refractivity contribution < 1.29 is 8.83 Å². The molecule has 0 atom stereocenters. The Labute approximate surface area is 396 Å². The topological polar surface area (TPSA) is 69.9 Å². The van der Waals surface area contributed by atoms with E-state index in [4.69, 9.17) is 23.8 Å². The molecule has 0 aliphatic rings. The summed E-state index contributed by atoms with van der Waals surface area (Å²) in [6.07, 6.45) is 0. The van der Waals surface area contributed by atoms with Crippen LogP contribution in [0.1, 0.15) is 0 Å². The van der Waals surface area contributed by atoms with E-state index in [1.54, 1.807) is 0 Å². The molecule has 14 aromatic rings. The van der Waals surface area contributed by atoms with Crippen LogP contribution in [0.2, 0.25) is 0 Å². The molecule has 0 saturated heterocycles. The number of para-hydroxylation sites is 2. The largest absolute Gasteiger partial charge is 0.456 e. The quantitative estimate of drug-likeness (QED) is 0.159. The third-order valence-corrected chi connectivity index (χ3v) is 13.5. The van der Waals surface area contributed by atoms with Crippen LogP contribution < -0.4 is 0 Å². The number of aromatic nitrogens is 4. The molecule has 322 valence electrons. The molecule has 6 nitrogen and oxygen atoms in total. The van der Waals surface area contributed by atoms with Crippen LogP contribution in [0.5, 0.6) is 0 Å². The zero-order chi connectivity index (χ0) is 45.4. The maximum Gasteiger partial charge on any atom is 0.167 e. The number of nitrogens with zero attached hydrogens (tertiary/aromatic N) is 4. The molecule has 0 amide bonds. The monoisotopic (exact) mass is 882 g/mol. The lowest BCUT2D eigenvalue weighted by molar-refractivity contribution is 0.668. The molecule has 69 heavy (non-hydrogen) atoms. The van der Waals surface area contributed by atoms with E-state index in [-0.39, 0.29) is 0 Å². The van der Waals surface area contributed by atoms with Crippen LogP contribution in [-0.4, -0.2) is 19.5 Å². The van der Waals surface area contributed by atoms with Gasteiger partial charge >= 0.3 is 0 Å². The van der Waals surface area contributed by atoms with Crippen LogP contribution >= 0.6 is 0 Å². The summed E-state index contributed by atoms with van der Waals surface area (Å²) < 4.78 is 16.0. The highest BCUT2D eigenvalue weighted by molar-refractivity contribution is 6.19. The third kappa shape index (κ3) is 6.38. The standard InChI is InChI=1S/C63H38N4O2/c1-4-15-39(16-5-1)41-29-31-43(32-30-41)62-64-61(42-19-8-3-9-20-42)65-63(66-62)50-24-12-23-49-48-35-33-45(38-57(48)69-60(49)50)46-22-13-27-55-58(46)59-54(26-14-28-56(59)68-55)67-52-25-11-10-21-47(52)51-37-44(34-36-53(51)67)40-17-6-2-7-18-40/h1-38H. The zero-order valence-electron chi connectivity index (χ0n) is 37.0. The average Bonchev–Trinajstić information content (AvgIpc) is 4.11. The molecule has 0 aliphatic heterocycles. The molecular weight excluding hydrogens is 845 g/mol. The molecule has 0 spiro atoms. The van der Waals surface area contributed by atoms with Gasteiger partial charge in [0, 0.05) is 38.1 Å². The van der Waals surface area contributed by atoms with Gasteiger partial charge in [-0.2, -0.15) is 0 Å². The summed E-state index contributed by atoms with van der Waals surface area (Å²) in [6, 6.07) is 80.3. The number of hydrogen-bond acceptors (Lipinski definition) is 5. The Morgan fingerprint density at radius 3 is 1.59 bits per heavy atom. The second-order valence-electron chi connectivity index (χ2n) is 17.5. The Morgan fingerprint density at radius 2 is 0.826 bits per heavy atom. The Kier molecular flexibility index (Phi) is 8.79. The summed E-state index contributed by atoms with van der Waals surface area (Å²) in [5.74, 6) is 1.72. The molecule has 6 heteroatoms. The number of furan rings is 2. The number of benzene rings is 10. The van der Waals surface area contributed by atoms with Crippen LogP contribution in [0.3, 0.4) is 0 Å². The van der Waals surface area contributed by atoms with Gasteiger partial charge in [0.2, 0.25) is 0 Å². The highest BCUT2D eigenvalue weighted by Gasteiger charge is 2.22. The first-order valence-corrected chi connectivity index (χ1v) is 23.2. The smallest absolute Gasteiger partial charge is 0.167 e. The Morgan fingerprint density at radius 1 is 0.290 bits per heavy atom. The van der Waals surface area contributed by atoms with Gasteiger partial charge in [-0.15, -0.1) is 0 Å². The van der Waals surface area contributed by atoms with E-state index in [1.807, 2.05) is 42.5 Å². The molecule has 4 aromatic heterocycles. The fourth-order valence-electron chi connectivity index (χ4n) is 10.2. The summed E-state index contributed by atoms with van der Waals surface area (Å²) in [5.41, 5.74) is 15.8. The molecular formula is C63H38N4O2. The zero-order valence-corrected chi connectivity index (χ0v) is 37.0. The van der Waals surface area contributed by atoms with Crippen LogP contribution in [0.15, 0.2) is 239 Å². The van der Waals surface area contributed by atoms with Crippen molar-refractivity contribution in [3.8, 4) is 73.2 Å². The van der Waals surface area contributed by atoms with Crippen LogP contribution in [0.4, 0.5) is 0 Å². The SMILES string of the molecule is c1ccc(-c2ccc(-c3nc(-c4ccccc4)nc(-c4cccc5c4oc4cc(-c6cccc7oc8cccc(-n9c%10ccccc%10c%10cc(-c%11ccccc%11)ccc%109)c8c67)ccc45)n3)cc2)cc1. The van der Waals surface area contributed by atoms with E-state index < -0.39 is 0 Å². The van der Waals surface area contributed by atoms with E-state index in [0.717, 1.165) is 99.5 Å². The van der Waals surface area contributed by atoms with Crippen LogP contribution in [0.25, 0.3) is 139 Å². The second kappa shape index (κ2) is 15.6. The van der Waals surface area contributed by atoms with Gasteiger partial charge in [-0.1, -0.05) is 176 Å². The second-order valence-corrected chi connectivity index (χ2v) is 17.5. The molecule has 0 radical (unpaired) electrons. The first-order valence-electron chi connectivity index (χ1n) is 23.2.